The van der Waals surface area contributed by atoms with Gasteiger partial charge in [0.15, 0.2) is 0 Å². The summed E-state index contributed by atoms with van der Waals surface area (Å²) in [6.07, 6.45) is 6.12. The van der Waals surface area contributed by atoms with Gasteiger partial charge in [0, 0.05) is 5.56 Å². The van der Waals surface area contributed by atoms with Crippen molar-refractivity contribution in [2.45, 2.75) is 45.6 Å². The lowest BCUT2D eigenvalue weighted by Crippen LogP contribution is -2.24. The maximum Gasteiger partial charge on any atom is 0.150 e. The number of carbonyl (C=O) groups excluding carboxylic acids is 1. The van der Waals surface area contributed by atoms with Crippen molar-refractivity contribution < 1.29 is 9.53 Å². The normalized spacial score (nSPS) is 24.4. The van der Waals surface area contributed by atoms with Crippen LogP contribution in [0.1, 0.15) is 48.5 Å². The maximum absolute atomic E-state index is 10.7. The van der Waals surface area contributed by atoms with Gasteiger partial charge in [-0.1, -0.05) is 13.3 Å². The van der Waals surface area contributed by atoms with E-state index in [9.17, 15) is 4.79 Å². The fraction of sp³-hybridized carbons (Fsp3) is 0.533. The van der Waals surface area contributed by atoms with Crippen molar-refractivity contribution in [3.05, 3.63) is 29.3 Å². The van der Waals surface area contributed by atoms with Crippen LogP contribution in [0.3, 0.4) is 0 Å². The van der Waals surface area contributed by atoms with Gasteiger partial charge in [-0.05, 0) is 55.9 Å². The summed E-state index contributed by atoms with van der Waals surface area (Å²) in [4.78, 5) is 10.7. The summed E-state index contributed by atoms with van der Waals surface area (Å²) in [5.74, 6) is 1.66. The highest BCUT2D eigenvalue weighted by molar-refractivity contribution is 5.77. The van der Waals surface area contributed by atoms with E-state index in [-0.39, 0.29) is 0 Å². The number of aldehydes is 1. The topological polar surface area (TPSA) is 26.3 Å². The lowest BCUT2D eigenvalue weighted by Gasteiger charge is -2.27. The molecule has 92 valence electrons. The Morgan fingerprint density at radius 2 is 2.18 bits per heavy atom. The van der Waals surface area contributed by atoms with Gasteiger partial charge >= 0.3 is 0 Å². The number of benzene rings is 1. The molecule has 2 unspecified atom stereocenters. The van der Waals surface area contributed by atoms with Crippen molar-refractivity contribution in [2.24, 2.45) is 5.92 Å². The molecule has 0 aliphatic heterocycles. The first-order valence-electron chi connectivity index (χ1n) is 6.41. The van der Waals surface area contributed by atoms with Gasteiger partial charge in [-0.15, -0.1) is 0 Å². The second-order valence-electron chi connectivity index (χ2n) is 5.15. The Morgan fingerprint density at radius 3 is 2.82 bits per heavy atom. The average Bonchev–Trinajstić information content (AvgIpc) is 2.29. The number of carbonyl (C=O) groups is 1. The van der Waals surface area contributed by atoms with Crippen LogP contribution in [0.4, 0.5) is 0 Å². The maximum atomic E-state index is 10.7. The summed E-state index contributed by atoms with van der Waals surface area (Å²) in [7, 11) is 0. The van der Waals surface area contributed by atoms with E-state index >= 15 is 0 Å². The minimum absolute atomic E-state index is 0.347. The van der Waals surface area contributed by atoms with Gasteiger partial charge in [0.05, 0.1) is 6.10 Å². The molecule has 0 saturated heterocycles. The molecule has 2 rings (SSSR count). The summed E-state index contributed by atoms with van der Waals surface area (Å²) in [5, 5.41) is 0. The summed E-state index contributed by atoms with van der Waals surface area (Å²) < 4.78 is 5.99. The summed E-state index contributed by atoms with van der Waals surface area (Å²) in [6, 6.07) is 5.70. The van der Waals surface area contributed by atoms with Crippen LogP contribution in [0.15, 0.2) is 18.2 Å². The van der Waals surface area contributed by atoms with Gasteiger partial charge in [0.25, 0.3) is 0 Å². The van der Waals surface area contributed by atoms with Crippen LogP contribution in [0.25, 0.3) is 0 Å². The molecule has 1 aromatic rings. The molecule has 17 heavy (non-hydrogen) atoms. The van der Waals surface area contributed by atoms with Crippen molar-refractivity contribution in [1.82, 2.24) is 0 Å². The third-order valence-electron chi connectivity index (χ3n) is 3.56. The fourth-order valence-electron chi connectivity index (χ4n) is 2.53. The number of hydrogen-bond acceptors (Lipinski definition) is 2. The predicted molar refractivity (Wildman–Crippen MR) is 68.6 cm³/mol. The van der Waals surface area contributed by atoms with E-state index in [2.05, 4.69) is 6.92 Å². The molecule has 0 amide bonds. The van der Waals surface area contributed by atoms with Crippen molar-refractivity contribution in [1.29, 1.82) is 0 Å². The molecule has 1 aromatic carbocycles. The Hall–Kier alpha value is -1.31. The van der Waals surface area contributed by atoms with E-state index in [0.717, 1.165) is 41.9 Å². The zero-order valence-electron chi connectivity index (χ0n) is 10.6. The van der Waals surface area contributed by atoms with Crippen LogP contribution in [0.2, 0.25) is 0 Å². The SMILES string of the molecule is Cc1cc(OC2CCCC(C)C2)ccc1C=O. The molecule has 0 heterocycles. The first-order chi connectivity index (χ1) is 8.19. The molecule has 0 N–H and O–H groups in total. The van der Waals surface area contributed by atoms with Crippen LogP contribution in [-0.4, -0.2) is 12.4 Å². The summed E-state index contributed by atoms with van der Waals surface area (Å²) in [5.41, 5.74) is 1.73. The van der Waals surface area contributed by atoms with Gasteiger partial charge in [-0.2, -0.15) is 0 Å². The first kappa shape index (κ1) is 12.2. The lowest BCUT2D eigenvalue weighted by atomic mass is 9.89. The molecular weight excluding hydrogens is 212 g/mol. The summed E-state index contributed by atoms with van der Waals surface area (Å²) >= 11 is 0. The second kappa shape index (κ2) is 5.35. The van der Waals surface area contributed by atoms with Gasteiger partial charge in [-0.25, -0.2) is 0 Å². The van der Waals surface area contributed by atoms with E-state index in [1.54, 1.807) is 0 Å². The van der Waals surface area contributed by atoms with Crippen LogP contribution in [0, 0.1) is 12.8 Å². The Morgan fingerprint density at radius 1 is 1.35 bits per heavy atom. The molecule has 0 spiro atoms. The zero-order valence-corrected chi connectivity index (χ0v) is 10.6. The van der Waals surface area contributed by atoms with Gasteiger partial charge in [0.1, 0.15) is 12.0 Å². The monoisotopic (exact) mass is 232 g/mol. The lowest BCUT2D eigenvalue weighted by molar-refractivity contribution is 0.112. The predicted octanol–water partition coefficient (Wildman–Crippen LogP) is 3.77. The first-order valence-corrected chi connectivity index (χ1v) is 6.41. The highest BCUT2D eigenvalue weighted by Crippen LogP contribution is 2.28. The van der Waals surface area contributed by atoms with Gasteiger partial charge in [-0.3, -0.25) is 4.79 Å². The Balaban J connectivity index is 2.03. The van der Waals surface area contributed by atoms with Crippen LogP contribution in [0.5, 0.6) is 5.75 Å². The highest BCUT2D eigenvalue weighted by atomic mass is 16.5. The molecule has 1 aliphatic carbocycles. The Bertz CT molecular complexity index is 398. The molecule has 0 aromatic heterocycles. The quantitative estimate of drug-likeness (QED) is 0.742. The molecule has 2 heteroatoms. The van der Waals surface area contributed by atoms with Gasteiger partial charge < -0.3 is 4.74 Å². The number of aryl methyl sites for hydroxylation is 1. The Kier molecular flexibility index (Phi) is 3.82. The minimum atomic E-state index is 0.347. The van der Waals surface area contributed by atoms with E-state index in [1.807, 2.05) is 25.1 Å². The van der Waals surface area contributed by atoms with E-state index in [1.165, 1.54) is 12.8 Å². The van der Waals surface area contributed by atoms with Crippen molar-refractivity contribution in [3.8, 4) is 5.75 Å². The third kappa shape index (κ3) is 3.09. The summed E-state index contributed by atoms with van der Waals surface area (Å²) in [6.45, 7) is 4.23. The largest absolute Gasteiger partial charge is 0.490 e. The molecule has 0 bridgehead atoms. The van der Waals surface area contributed by atoms with E-state index in [0.29, 0.717) is 6.10 Å². The second-order valence-corrected chi connectivity index (χ2v) is 5.15. The molecule has 1 aliphatic rings. The van der Waals surface area contributed by atoms with Crippen LogP contribution >= 0.6 is 0 Å². The van der Waals surface area contributed by atoms with Crippen LogP contribution in [-0.2, 0) is 0 Å². The van der Waals surface area contributed by atoms with Crippen molar-refractivity contribution in [3.63, 3.8) is 0 Å². The smallest absolute Gasteiger partial charge is 0.150 e. The molecule has 0 radical (unpaired) electrons. The van der Waals surface area contributed by atoms with Gasteiger partial charge in [0.2, 0.25) is 0 Å². The number of ether oxygens (including phenoxy) is 1. The molecule has 2 atom stereocenters. The van der Waals surface area contributed by atoms with E-state index in [4.69, 9.17) is 4.74 Å². The molecule has 1 fully saturated rings. The average molecular weight is 232 g/mol. The molecular formula is C15H20O2. The minimum Gasteiger partial charge on any atom is -0.490 e. The van der Waals surface area contributed by atoms with Crippen molar-refractivity contribution in [2.75, 3.05) is 0 Å². The highest BCUT2D eigenvalue weighted by Gasteiger charge is 2.20. The standard InChI is InChI=1S/C15H20O2/c1-11-4-3-5-14(8-11)17-15-7-6-13(10-16)12(2)9-15/h6-7,9-11,14H,3-5,8H2,1-2H3. The fourth-order valence-corrected chi connectivity index (χ4v) is 2.53. The van der Waals surface area contributed by atoms with Crippen LogP contribution < -0.4 is 4.74 Å². The molecule has 1 saturated carbocycles. The third-order valence-corrected chi connectivity index (χ3v) is 3.56. The number of hydrogen-bond donors (Lipinski definition) is 0. The van der Waals surface area contributed by atoms with E-state index < -0.39 is 0 Å². The Labute approximate surface area is 103 Å². The molecule has 2 nitrogen and oxygen atoms in total. The number of rotatable bonds is 3. The zero-order chi connectivity index (χ0) is 12.3. The van der Waals surface area contributed by atoms with Crippen molar-refractivity contribution >= 4 is 6.29 Å².